The molecule has 1 heterocycles. The van der Waals surface area contributed by atoms with Crippen molar-refractivity contribution < 1.29 is 47.6 Å². The third kappa shape index (κ3) is 8.54. The molecule has 228 valence electrons. The minimum absolute atomic E-state index is 0.147. The molecule has 1 fully saturated rings. The van der Waals surface area contributed by atoms with Gasteiger partial charge in [0.1, 0.15) is 24.6 Å². The fourth-order valence-corrected chi connectivity index (χ4v) is 5.31. The van der Waals surface area contributed by atoms with E-state index in [1.807, 2.05) is 36.4 Å². The van der Waals surface area contributed by atoms with Gasteiger partial charge in [-0.1, -0.05) is 41.9 Å². The van der Waals surface area contributed by atoms with E-state index in [-0.39, 0.29) is 12.5 Å². The van der Waals surface area contributed by atoms with Crippen LogP contribution in [-0.2, 0) is 49.3 Å². The van der Waals surface area contributed by atoms with Crippen molar-refractivity contribution >= 4 is 39.8 Å². The van der Waals surface area contributed by atoms with Crippen LogP contribution in [0.2, 0.25) is 0 Å². The molecule has 0 bridgehead atoms. The summed E-state index contributed by atoms with van der Waals surface area (Å²) in [4.78, 5) is 48.4. The van der Waals surface area contributed by atoms with E-state index in [0.29, 0.717) is 17.7 Å². The van der Waals surface area contributed by atoms with E-state index in [9.17, 15) is 19.2 Å². The maximum absolute atomic E-state index is 12.3. The second-order valence-electron chi connectivity index (χ2n) is 10.4. The van der Waals surface area contributed by atoms with Gasteiger partial charge in [0, 0.05) is 37.7 Å². The summed E-state index contributed by atoms with van der Waals surface area (Å²) in [7, 11) is 1.52. The van der Waals surface area contributed by atoms with Crippen LogP contribution < -0.4 is 4.74 Å². The number of rotatable bonds is 10. The lowest BCUT2D eigenvalue weighted by atomic mass is 9.85. The number of methoxy groups -OCH3 is 1. The molecule has 1 saturated heterocycles. The first kappa shape index (κ1) is 33.1. The quantitative estimate of drug-likeness (QED) is 0.258. The molecule has 0 aliphatic carbocycles. The molecule has 2 aromatic rings. The van der Waals surface area contributed by atoms with Crippen molar-refractivity contribution in [2.45, 2.75) is 84.4 Å². The van der Waals surface area contributed by atoms with Crippen molar-refractivity contribution in [3.05, 3.63) is 63.1 Å². The normalized spacial score (nSPS) is 21.8. The fourth-order valence-electron chi connectivity index (χ4n) is 5.05. The summed E-state index contributed by atoms with van der Waals surface area (Å²) in [5, 5.41) is 0. The van der Waals surface area contributed by atoms with Gasteiger partial charge in [-0.15, -0.1) is 0 Å². The average molecular weight is 650 g/mol. The predicted octanol–water partition coefficient (Wildman–Crippen LogP) is 4.97. The van der Waals surface area contributed by atoms with Gasteiger partial charge in [-0.05, 0) is 53.3 Å². The number of hydrogen-bond acceptors (Lipinski definition) is 10. The molecular formula is C31H37BrO10. The Kier molecular flexibility index (Phi) is 11.5. The largest absolute Gasteiger partial charge is 0.496 e. The van der Waals surface area contributed by atoms with E-state index in [1.165, 1.54) is 34.8 Å². The molecule has 11 heteroatoms. The second-order valence-corrected chi connectivity index (χ2v) is 11.3. The number of hydrogen-bond donors (Lipinski definition) is 0. The van der Waals surface area contributed by atoms with E-state index in [0.717, 1.165) is 21.2 Å². The molecule has 0 radical (unpaired) electrons. The van der Waals surface area contributed by atoms with Crippen molar-refractivity contribution in [3.8, 4) is 5.75 Å². The topological polar surface area (TPSA) is 124 Å². The Bertz CT molecular complexity index is 1290. The molecule has 0 spiro atoms. The first-order chi connectivity index (χ1) is 19.8. The Morgan fingerprint density at radius 1 is 0.833 bits per heavy atom. The highest BCUT2D eigenvalue weighted by molar-refractivity contribution is 9.10. The highest BCUT2D eigenvalue weighted by atomic mass is 79.9. The van der Waals surface area contributed by atoms with Gasteiger partial charge in [-0.3, -0.25) is 19.2 Å². The van der Waals surface area contributed by atoms with Crippen LogP contribution in [0.3, 0.4) is 0 Å². The number of carbonyl (C=O) groups is 4. The number of carbonyl (C=O) groups excluding carboxylic acids is 4. The maximum atomic E-state index is 12.3. The summed E-state index contributed by atoms with van der Waals surface area (Å²) < 4.78 is 35.2. The first-order valence-corrected chi connectivity index (χ1v) is 14.4. The van der Waals surface area contributed by atoms with Crippen molar-refractivity contribution in [1.29, 1.82) is 0 Å². The zero-order valence-corrected chi connectivity index (χ0v) is 26.4. The van der Waals surface area contributed by atoms with Crippen LogP contribution in [-0.4, -0.2) is 62.0 Å². The van der Waals surface area contributed by atoms with Crippen molar-refractivity contribution in [2.75, 3.05) is 13.7 Å². The van der Waals surface area contributed by atoms with Crippen LogP contribution in [0.1, 0.15) is 75.8 Å². The zero-order chi connectivity index (χ0) is 31.1. The highest BCUT2D eigenvalue weighted by Crippen LogP contribution is 2.43. The van der Waals surface area contributed by atoms with Crippen LogP contribution in [0.25, 0.3) is 0 Å². The molecule has 2 aromatic carbocycles. The van der Waals surface area contributed by atoms with Gasteiger partial charge in [0.05, 0.1) is 7.11 Å². The first-order valence-electron chi connectivity index (χ1n) is 13.6. The summed E-state index contributed by atoms with van der Waals surface area (Å²) in [5.74, 6) is -2.03. The molecule has 0 unspecified atom stereocenters. The lowest BCUT2D eigenvalue weighted by Crippen LogP contribution is -2.59. The standard InChI is InChI=1S/C31H37BrO10/c1-16(2)24-14-26(37-7)25(13-22(24)12-21-8-10-23(32)11-9-21)28-30(40-19(5)35)31(41-20(6)36)29(39-18(4)34)27(42-28)15-38-17(3)33/h8-11,13-14,16,27-31H,12,15H2,1-7H3/t27-,28+,29-,30+,31+/m1/s1. The van der Waals surface area contributed by atoms with E-state index in [4.69, 9.17) is 28.4 Å². The Balaban J connectivity index is 2.22. The van der Waals surface area contributed by atoms with Crippen molar-refractivity contribution in [1.82, 2.24) is 0 Å². The van der Waals surface area contributed by atoms with Gasteiger partial charge in [0.2, 0.25) is 0 Å². The van der Waals surface area contributed by atoms with Gasteiger partial charge in [-0.25, -0.2) is 0 Å². The number of ether oxygens (including phenoxy) is 6. The molecule has 0 N–H and O–H groups in total. The van der Waals surface area contributed by atoms with Gasteiger partial charge in [-0.2, -0.15) is 0 Å². The Morgan fingerprint density at radius 3 is 1.93 bits per heavy atom. The monoisotopic (exact) mass is 648 g/mol. The minimum atomic E-state index is -1.28. The van der Waals surface area contributed by atoms with Gasteiger partial charge in [0.15, 0.2) is 18.3 Å². The smallest absolute Gasteiger partial charge is 0.303 e. The Labute approximate surface area is 254 Å². The molecule has 1 aliphatic heterocycles. The van der Waals surface area contributed by atoms with Crippen LogP contribution in [0, 0.1) is 0 Å². The predicted molar refractivity (Wildman–Crippen MR) is 155 cm³/mol. The Hall–Kier alpha value is -3.44. The summed E-state index contributed by atoms with van der Waals surface area (Å²) in [6, 6.07) is 11.8. The van der Waals surface area contributed by atoms with Crippen molar-refractivity contribution in [2.24, 2.45) is 0 Å². The van der Waals surface area contributed by atoms with Crippen molar-refractivity contribution in [3.63, 3.8) is 0 Å². The van der Waals surface area contributed by atoms with Gasteiger partial charge < -0.3 is 28.4 Å². The van der Waals surface area contributed by atoms with E-state index in [2.05, 4.69) is 29.8 Å². The Morgan fingerprint density at radius 2 is 1.40 bits per heavy atom. The summed E-state index contributed by atoms with van der Waals surface area (Å²) in [5.41, 5.74) is 3.62. The molecule has 0 amide bonds. The molecule has 3 rings (SSSR count). The average Bonchev–Trinajstić information content (AvgIpc) is 2.90. The molecule has 42 heavy (non-hydrogen) atoms. The van der Waals surface area contributed by atoms with E-state index >= 15 is 0 Å². The number of esters is 4. The number of benzene rings is 2. The SMILES string of the molecule is COc1cc(C(C)C)c(Cc2ccc(Br)cc2)cc1[C@@H]1O[C@H](COC(C)=O)[C@@H](OC(C)=O)[C@H](OC(C)=O)[C@H]1OC(C)=O. The molecule has 1 aliphatic rings. The lowest BCUT2D eigenvalue weighted by Gasteiger charge is -2.45. The minimum Gasteiger partial charge on any atom is -0.496 e. The highest BCUT2D eigenvalue weighted by Gasteiger charge is 2.53. The van der Waals surface area contributed by atoms with Gasteiger partial charge >= 0.3 is 23.9 Å². The summed E-state index contributed by atoms with van der Waals surface area (Å²) >= 11 is 3.47. The van der Waals surface area contributed by atoms with Crippen LogP contribution >= 0.6 is 15.9 Å². The molecule has 0 saturated carbocycles. The lowest BCUT2D eigenvalue weighted by molar-refractivity contribution is -0.254. The molecule has 0 aromatic heterocycles. The second kappa shape index (κ2) is 14.6. The number of halogens is 1. The van der Waals surface area contributed by atoms with E-state index < -0.39 is 54.4 Å². The molecular weight excluding hydrogens is 612 g/mol. The van der Waals surface area contributed by atoms with Gasteiger partial charge in [0.25, 0.3) is 0 Å². The third-order valence-electron chi connectivity index (χ3n) is 6.72. The van der Waals surface area contributed by atoms with Crippen LogP contribution in [0.4, 0.5) is 0 Å². The van der Waals surface area contributed by atoms with Crippen LogP contribution in [0.15, 0.2) is 40.9 Å². The summed E-state index contributed by atoms with van der Waals surface area (Å²) in [6.07, 6.45) is -5.28. The van der Waals surface area contributed by atoms with Crippen LogP contribution in [0.5, 0.6) is 5.75 Å². The third-order valence-corrected chi connectivity index (χ3v) is 7.25. The fraction of sp³-hybridized carbons (Fsp3) is 0.484. The zero-order valence-electron chi connectivity index (χ0n) is 24.8. The molecule has 5 atom stereocenters. The van der Waals surface area contributed by atoms with E-state index in [1.54, 1.807) is 0 Å². The summed E-state index contributed by atoms with van der Waals surface area (Å²) in [6.45, 7) is 8.66. The molecule has 10 nitrogen and oxygen atoms in total. The maximum Gasteiger partial charge on any atom is 0.303 e.